The molecule has 0 aliphatic heterocycles. The van der Waals surface area contributed by atoms with Gasteiger partial charge in [0, 0.05) is 44.4 Å². The summed E-state index contributed by atoms with van der Waals surface area (Å²) in [5, 5.41) is 7.95. The standard InChI is InChI=1S/C13H24ClN3O/c1-4-11(2)17-7-5-13(16-17)10-15-12(9-14)6-8-18-3/h5,7,11-12,15H,4,6,8-10H2,1-3H3. The van der Waals surface area contributed by atoms with Crippen molar-refractivity contribution in [2.45, 2.75) is 45.3 Å². The van der Waals surface area contributed by atoms with Crippen molar-refractivity contribution in [1.82, 2.24) is 15.1 Å². The fraction of sp³-hybridized carbons (Fsp3) is 0.769. The first kappa shape index (κ1) is 15.5. The zero-order valence-corrected chi connectivity index (χ0v) is 12.3. The number of aromatic nitrogens is 2. The number of methoxy groups -OCH3 is 1. The smallest absolute Gasteiger partial charge is 0.0762 e. The number of hydrogen-bond donors (Lipinski definition) is 1. The molecule has 1 aromatic rings. The lowest BCUT2D eigenvalue weighted by Crippen LogP contribution is -2.31. The van der Waals surface area contributed by atoms with E-state index in [4.69, 9.17) is 16.3 Å². The number of ether oxygens (including phenoxy) is 1. The third-order valence-electron chi connectivity index (χ3n) is 3.13. The van der Waals surface area contributed by atoms with Gasteiger partial charge in [0.1, 0.15) is 0 Å². The monoisotopic (exact) mass is 273 g/mol. The van der Waals surface area contributed by atoms with Gasteiger partial charge < -0.3 is 10.1 Å². The number of rotatable bonds is 9. The lowest BCUT2D eigenvalue weighted by atomic mass is 10.2. The molecule has 0 aromatic carbocycles. The van der Waals surface area contributed by atoms with Gasteiger partial charge in [0.05, 0.1) is 5.69 Å². The molecular formula is C13H24ClN3O. The first-order chi connectivity index (χ1) is 8.71. The minimum Gasteiger partial charge on any atom is -0.385 e. The van der Waals surface area contributed by atoms with Crippen LogP contribution in [0.2, 0.25) is 0 Å². The molecular weight excluding hydrogens is 250 g/mol. The summed E-state index contributed by atoms with van der Waals surface area (Å²) in [5.41, 5.74) is 1.06. The Balaban J connectivity index is 2.39. The molecule has 0 radical (unpaired) electrons. The van der Waals surface area contributed by atoms with Gasteiger partial charge in [0.25, 0.3) is 0 Å². The molecule has 1 aromatic heterocycles. The van der Waals surface area contributed by atoms with Crippen molar-refractivity contribution >= 4 is 11.6 Å². The molecule has 0 aliphatic rings. The fourth-order valence-electron chi connectivity index (χ4n) is 1.65. The van der Waals surface area contributed by atoms with E-state index in [9.17, 15) is 0 Å². The van der Waals surface area contributed by atoms with Crippen molar-refractivity contribution in [2.24, 2.45) is 0 Å². The third-order valence-corrected chi connectivity index (χ3v) is 3.51. The van der Waals surface area contributed by atoms with Gasteiger partial charge in [-0.25, -0.2) is 0 Å². The highest BCUT2D eigenvalue weighted by molar-refractivity contribution is 6.18. The molecule has 2 atom stereocenters. The van der Waals surface area contributed by atoms with Gasteiger partial charge in [0.2, 0.25) is 0 Å². The molecule has 0 saturated carbocycles. The van der Waals surface area contributed by atoms with Crippen molar-refractivity contribution in [3.05, 3.63) is 18.0 Å². The molecule has 2 unspecified atom stereocenters. The molecule has 104 valence electrons. The highest BCUT2D eigenvalue weighted by Gasteiger charge is 2.08. The lowest BCUT2D eigenvalue weighted by Gasteiger charge is -2.14. The predicted molar refractivity (Wildman–Crippen MR) is 75.1 cm³/mol. The summed E-state index contributed by atoms with van der Waals surface area (Å²) in [5.74, 6) is 0.593. The Bertz CT molecular complexity index is 330. The molecule has 0 bridgehead atoms. The molecule has 18 heavy (non-hydrogen) atoms. The second-order valence-electron chi connectivity index (χ2n) is 4.56. The number of hydrogen-bond acceptors (Lipinski definition) is 3. The summed E-state index contributed by atoms with van der Waals surface area (Å²) in [6.07, 6.45) is 4.05. The Kier molecular flexibility index (Phi) is 7.32. The second-order valence-corrected chi connectivity index (χ2v) is 4.87. The van der Waals surface area contributed by atoms with E-state index >= 15 is 0 Å². The molecule has 1 rings (SSSR count). The lowest BCUT2D eigenvalue weighted by molar-refractivity contribution is 0.185. The Morgan fingerprint density at radius 2 is 2.33 bits per heavy atom. The zero-order valence-electron chi connectivity index (χ0n) is 11.5. The maximum absolute atomic E-state index is 5.90. The largest absolute Gasteiger partial charge is 0.385 e. The van der Waals surface area contributed by atoms with Gasteiger partial charge in [0.15, 0.2) is 0 Å². The molecule has 5 heteroatoms. The van der Waals surface area contributed by atoms with Gasteiger partial charge in [-0.1, -0.05) is 6.92 Å². The average molecular weight is 274 g/mol. The SMILES string of the molecule is CCC(C)n1ccc(CNC(CCl)CCOC)n1. The maximum atomic E-state index is 5.90. The molecule has 0 fully saturated rings. The van der Waals surface area contributed by atoms with Crippen LogP contribution in [0.15, 0.2) is 12.3 Å². The van der Waals surface area contributed by atoms with E-state index in [-0.39, 0.29) is 6.04 Å². The number of alkyl halides is 1. The first-order valence-corrected chi connectivity index (χ1v) is 7.07. The summed E-state index contributed by atoms with van der Waals surface area (Å²) in [7, 11) is 1.71. The van der Waals surface area contributed by atoms with E-state index < -0.39 is 0 Å². The average Bonchev–Trinajstić information content (AvgIpc) is 2.87. The molecule has 1 heterocycles. The third kappa shape index (κ3) is 4.96. The minimum absolute atomic E-state index is 0.278. The Morgan fingerprint density at radius 3 is 2.94 bits per heavy atom. The molecule has 0 amide bonds. The predicted octanol–water partition coefficient (Wildman–Crippen LogP) is 2.59. The topological polar surface area (TPSA) is 39.1 Å². The van der Waals surface area contributed by atoms with Crippen molar-refractivity contribution in [3.63, 3.8) is 0 Å². The van der Waals surface area contributed by atoms with E-state index in [0.717, 1.165) is 31.7 Å². The zero-order chi connectivity index (χ0) is 13.4. The summed E-state index contributed by atoms with van der Waals surface area (Å²) in [6.45, 7) is 5.82. The van der Waals surface area contributed by atoms with Crippen LogP contribution >= 0.6 is 11.6 Å². The molecule has 0 spiro atoms. The van der Waals surface area contributed by atoms with Crippen LogP contribution in [0.3, 0.4) is 0 Å². The number of nitrogens with one attached hydrogen (secondary N) is 1. The van der Waals surface area contributed by atoms with Gasteiger partial charge >= 0.3 is 0 Å². The van der Waals surface area contributed by atoms with E-state index in [1.807, 2.05) is 10.9 Å². The summed E-state index contributed by atoms with van der Waals surface area (Å²) < 4.78 is 7.07. The first-order valence-electron chi connectivity index (χ1n) is 6.53. The van der Waals surface area contributed by atoms with Crippen LogP contribution in [0, 0.1) is 0 Å². The van der Waals surface area contributed by atoms with Crippen LogP contribution in [0.1, 0.15) is 38.4 Å². The summed E-state index contributed by atoms with van der Waals surface area (Å²) >= 11 is 5.90. The van der Waals surface area contributed by atoms with Crippen molar-refractivity contribution < 1.29 is 4.74 Å². The minimum atomic E-state index is 0.278. The van der Waals surface area contributed by atoms with Gasteiger partial charge in [-0.2, -0.15) is 5.10 Å². The fourth-order valence-corrected chi connectivity index (χ4v) is 1.91. The summed E-state index contributed by atoms with van der Waals surface area (Å²) in [4.78, 5) is 0. The van der Waals surface area contributed by atoms with Gasteiger partial charge in [-0.3, -0.25) is 4.68 Å². The highest BCUT2D eigenvalue weighted by Crippen LogP contribution is 2.09. The Morgan fingerprint density at radius 1 is 1.56 bits per heavy atom. The van der Waals surface area contributed by atoms with Crippen LogP contribution in [0.4, 0.5) is 0 Å². The van der Waals surface area contributed by atoms with Gasteiger partial charge in [-0.05, 0) is 25.8 Å². The van der Waals surface area contributed by atoms with Crippen molar-refractivity contribution in [2.75, 3.05) is 19.6 Å². The van der Waals surface area contributed by atoms with Crippen LogP contribution in [0.5, 0.6) is 0 Å². The van der Waals surface area contributed by atoms with Crippen LogP contribution < -0.4 is 5.32 Å². The molecule has 1 N–H and O–H groups in total. The highest BCUT2D eigenvalue weighted by atomic mass is 35.5. The second kappa shape index (κ2) is 8.51. The number of nitrogens with zero attached hydrogens (tertiary/aromatic N) is 2. The molecule has 4 nitrogen and oxygen atoms in total. The van der Waals surface area contributed by atoms with E-state index in [1.165, 1.54) is 0 Å². The van der Waals surface area contributed by atoms with E-state index in [2.05, 4.69) is 30.3 Å². The summed E-state index contributed by atoms with van der Waals surface area (Å²) in [6, 6.07) is 2.79. The maximum Gasteiger partial charge on any atom is 0.0762 e. The van der Waals surface area contributed by atoms with Crippen LogP contribution in [-0.2, 0) is 11.3 Å². The Labute approximate surface area is 115 Å². The molecule has 0 saturated heterocycles. The van der Waals surface area contributed by atoms with Crippen molar-refractivity contribution in [1.29, 1.82) is 0 Å². The normalized spacial score (nSPS) is 14.7. The quantitative estimate of drug-likeness (QED) is 0.703. The van der Waals surface area contributed by atoms with Crippen molar-refractivity contribution in [3.8, 4) is 0 Å². The van der Waals surface area contributed by atoms with E-state index in [0.29, 0.717) is 11.9 Å². The van der Waals surface area contributed by atoms with E-state index in [1.54, 1.807) is 7.11 Å². The van der Waals surface area contributed by atoms with Crippen LogP contribution in [0.25, 0.3) is 0 Å². The Hall–Kier alpha value is -0.580. The van der Waals surface area contributed by atoms with Gasteiger partial charge in [-0.15, -0.1) is 11.6 Å². The number of halogens is 1. The van der Waals surface area contributed by atoms with Crippen LogP contribution in [-0.4, -0.2) is 35.4 Å². The molecule has 0 aliphatic carbocycles.